The second-order valence-electron chi connectivity index (χ2n) is 43.0. The molecule has 6 aromatic rings. The standard InChI is InChI=1S/C102H160N2O2S6.C24H49I.CH3F.CH2O3.2K.H/c1-9-17-25-33-37-41-43-47-51-55-63-81(61-53-49-45-39-35-27-19-11-3)79-103-95(91-77-85(67-59-31-23-15-7)99(111-91)89-71-69-87(109-89)97-83(73-75-107-97)65-57-29-21-13-5)93-94(101(103)105)96(104(102(93)106)80-82(62-54-50-46-40-36-28-20-12-4)64-56-52-48-44-42-38-34-26-18-10-2)92-78-86(68-60-32-24-16-8)100(112-92)90-72-70-88(110-90)98-84(74-76-108-98)66-58-30-22-14-6;1-3-5-7-9-11-13-14-16-18-20-22-24(23-25)21-19-17-15-12-10-8-6-4-2;1-2;2-1-4-3;;;/h69-78,81-82H,9-68,79-80H2,1-8H3;24H,3-23H2,1-2H3;1H3;1,3H;;;/q;;;;2*+1;-1/p-1/i;;1D;;;;. The molecule has 0 spiro atoms. The number of nitrogens with zero attached hydrogens (tertiary/aromatic N) is 2. The van der Waals surface area contributed by atoms with Crippen LogP contribution in [0.2, 0.25) is 0 Å². The Bertz CT molecular complexity index is 3920. The molecule has 17 heteroatoms. The Labute approximate surface area is 1020 Å². The summed E-state index contributed by atoms with van der Waals surface area (Å²) >= 11 is 14.2. The van der Waals surface area contributed by atoms with Gasteiger partial charge in [-0.3, -0.25) is 18.8 Å². The van der Waals surface area contributed by atoms with Gasteiger partial charge in [0.15, 0.2) is 0 Å². The van der Waals surface area contributed by atoms with Crippen LogP contribution < -0.4 is 108 Å². The van der Waals surface area contributed by atoms with Crippen molar-refractivity contribution in [3.63, 3.8) is 0 Å². The number of thiophene rings is 6. The molecule has 818 valence electrons. The maximum atomic E-state index is 17.3. The summed E-state index contributed by atoms with van der Waals surface area (Å²) in [7, 11) is -1.00. The van der Waals surface area contributed by atoms with Crippen LogP contribution in [0.1, 0.15) is 592 Å². The molecule has 0 aromatic carbocycles. The molecular weight excluding hydrogens is 2060 g/mol. The summed E-state index contributed by atoms with van der Waals surface area (Å²) in [5.41, 5.74) is 9.13. The van der Waals surface area contributed by atoms with Crippen molar-refractivity contribution in [2.45, 2.75) is 583 Å². The van der Waals surface area contributed by atoms with Gasteiger partial charge in [0.2, 0.25) is 0 Å². The van der Waals surface area contributed by atoms with Crippen molar-refractivity contribution in [3.8, 4) is 39.0 Å². The average molecular weight is 2280 g/mol. The van der Waals surface area contributed by atoms with Crippen LogP contribution in [0.15, 0.2) is 70.4 Å². The zero-order chi connectivity index (χ0) is 104. The van der Waals surface area contributed by atoms with Crippen LogP contribution >= 0.6 is 90.6 Å². The fourth-order valence-corrected chi connectivity index (χ4v) is 29.7. The molecule has 8 heterocycles. The number of aryl methyl sites for hydroxylation is 4. The van der Waals surface area contributed by atoms with E-state index in [1.165, 1.54) is 515 Å². The summed E-state index contributed by atoms with van der Waals surface area (Å²) < 4.78 is 16.9. The summed E-state index contributed by atoms with van der Waals surface area (Å²) in [6, 6.07) is 19.5. The number of carbonyl (C=O) groups is 3. The third kappa shape index (κ3) is 58.4. The van der Waals surface area contributed by atoms with Gasteiger partial charge in [0.1, 0.15) is 0 Å². The van der Waals surface area contributed by atoms with Crippen molar-refractivity contribution in [2.24, 2.45) is 17.8 Å². The maximum absolute atomic E-state index is 17.3. The summed E-state index contributed by atoms with van der Waals surface area (Å²) in [5, 5.41) is 13.1. The van der Waals surface area contributed by atoms with Gasteiger partial charge in [0.25, 0.3) is 18.3 Å². The van der Waals surface area contributed by atoms with Crippen LogP contribution in [0, 0.1) is 17.8 Å². The number of rotatable bonds is 92. The first kappa shape index (κ1) is 137. The molecule has 6 aromatic heterocycles. The van der Waals surface area contributed by atoms with Gasteiger partial charge in [0.05, 0.1) is 40.8 Å². The topological polar surface area (TPSA) is 90.0 Å². The van der Waals surface area contributed by atoms with Crippen LogP contribution in [0.5, 0.6) is 0 Å². The normalized spacial score (nSPS) is 13.1. The molecule has 0 radical (unpaired) electrons. The molecule has 2 aliphatic rings. The molecule has 0 N–H and O–H groups in total. The number of hydrogen-bond acceptors (Lipinski definition) is 11. The van der Waals surface area contributed by atoms with E-state index in [0.29, 0.717) is 24.9 Å². The van der Waals surface area contributed by atoms with Gasteiger partial charge in [0, 0.05) is 56.5 Å². The van der Waals surface area contributed by atoms with Crippen LogP contribution in [0.4, 0.5) is 4.39 Å². The van der Waals surface area contributed by atoms with E-state index in [9.17, 15) is 4.39 Å². The number of fused-ring (bicyclic) bond motifs is 1. The second kappa shape index (κ2) is 95.0. The summed E-state index contributed by atoms with van der Waals surface area (Å²) in [6.07, 6.45) is 105. The Morgan fingerprint density at radius 2 is 0.510 bits per heavy atom. The monoisotopic (exact) mass is 2280 g/mol. The van der Waals surface area contributed by atoms with Gasteiger partial charge in [-0.1, -0.05) is 516 Å². The predicted molar refractivity (Wildman–Crippen MR) is 646 cm³/mol. The minimum atomic E-state index is -1.00. The Morgan fingerprint density at radius 1 is 0.310 bits per heavy atom. The van der Waals surface area contributed by atoms with Crippen LogP contribution in [-0.2, 0) is 45.0 Å². The zero-order valence-corrected chi connectivity index (χ0v) is 109. The van der Waals surface area contributed by atoms with E-state index in [-0.39, 0.29) is 122 Å². The average Bonchev–Trinajstić information content (AvgIpc) is 1.54. The van der Waals surface area contributed by atoms with E-state index in [0.717, 1.165) is 102 Å². The number of carbonyl (C=O) groups excluding carboxylic acids is 3. The molecule has 3 unspecified atom stereocenters. The molecule has 3 atom stereocenters. The van der Waals surface area contributed by atoms with Crippen molar-refractivity contribution in [1.82, 2.24) is 9.80 Å². The number of unbranched alkanes of at least 4 members (excludes halogenated alkanes) is 60. The largest absolute Gasteiger partial charge is 1.00 e. The molecular formula is C128H214FIK2N2O5S6. The van der Waals surface area contributed by atoms with E-state index in [4.69, 9.17) is 11.4 Å². The molecule has 145 heavy (non-hydrogen) atoms. The first-order chi connectivity index (χ1) is 70.9. The number of alkyl halides is 2. The van der Waals surface area contributed by atoms with Crippen LogP contribution in [-0.4, -0.2) is 52.8 Å². The maximum Gasteiger partial charge on any atom is 1.00 e. The van der Waals surface area contributed by atoms with E-state index in [2.05, 4.69) is 166 Å². The Hall–Kier alpha value is -0.0173. The van der Waals surface area contributed by atoms with E-state index >= 15 is 9.59 Å². The first-order valence-electron chi connectivity index (χ1n) is 61.5. The fraction of sp³-hybridized carbons (Fsp3) is 0.758. The van der Waals surface area contributed by atoms with Gasteiger partial charge in [-0.15, -0.1) is 68.0 Å². The van der Waals surface area contributed by atoms with Crippen LogP contribution in [0.3, 0.4) is 0 Å². The molecule has 0 fully saturated rings. The third-order valence-electron chi connectivity index (χ3n) is 30.5. The van der Waals surface area contributed by atoms with Crippen molar-refractivity contribution in [2.75, 3.05) is 24.7 Å². The van der Waals surface area contributed by atoms with Crippen molar-refractivity contribution < 1.29 is 134 Å². The Morgan fingerprint density at radius 3 is 0.731 bits per heavy atom. The summed E-state index contributed by atoms with van der Waals surface area (Å²) in [5.74, 6) is 1.91. The molecule has 0 saturated carbocycles. The van der Waals surface area contributed by atoms with Gasteiger partial charge >= 0.3 is 103 Å². The zero-order valence-electron chi connectivity index (χ0n) is 97.6. The number of hydrogen-bond donors (Lipinski definition) is 0. The summed E-state index contributed by atoms with van der Waals surface area (Å²) in [4.78, 5) is 63.6. The first-order valence-corrected chi connectivity index (χ1v) is 67.3. The van der Waals surface area contributed by atoms with Gasteiger partial charge in [-0.05, 0) is 189 Å². The second-order valence-corrected chi connectivity index (χ2v) is 50.0. The number of halogens is 2. The predicted octanol–water partition coefficient (Wildman–Crippen LogP) is 39.0. The van der Waals surface area contributed by atoms with Crippen molar-refractivity contribution in [1.29, 1.82) is 0 Å². The molecule has 0 saturated heterocycles. The van der Waals surface area contributed by atoms with Gasteiger partial charge in [-0.25, -0.2) is 0 Å². The molecule has 7 nitrogen and oxygen atoms in total. The third-order valence-corrected chi connectivity index (χ3v) is 38.9. The smallest absolute Gasteiger partial charge is 1.00 e. The Balaban J connectivity index is 0.00000179. The van der Waals surface area contributed by atoms with E-state index < -0.39 is 7.15 Å². The fourth-order valence-electron chi connectivity index (χ4n) is 21.7. The minimum absolute atomic E-state index is 0. The molecule has 0 bridgehead atoms. The van der Waals surface area contributed by atoms with Crippen molar-refractivity contribution in [3.05, 3.63) is 102 Å². The SMILES string of the molecule is CCCCCCCCCCCCC(CCCCCCCCCC)CN1C(=O)C2=C(c3cc(CCCCCC)c(-c4ccc(-c5sccc5CCCCCC)s4)s3)N(CC(CCCCCCCCCC)CCCCCCCCCCCC)C(=O)C2=C1c1cc(CCCCCC)c(-c2ccc(-c3sccc3CCCCCC)s2)s1.CCCCCCCCCCCCC(CI)CCCCCCCCCC.O=CO[O-].[2H]CF.[H-].[K+].[K+]. The van der Waals surface area contributed by atoms with Gasteiger partial charge < -0.3 is 21.4 Å². The molecule has 8 rings (SSSR count). The Kier molecular flexibility index (Phi) is 90.0. The van der Waals surface area contributed by atoms with E-state index in [1.807, 2.05) is 68.0 Å². The molecule has 2 amide bonds. The van der Waals surface area contributed by atoms with Crippen LogP contribution in [0.25, 0.3) is 50.4 Å². The number of amides is 2. The summed E-state index contributed by atoms with van der Waals surface area (Å²) in [6.45, 7) is 24.4. The molecule has 0 aliphatic carbocycles. The van der Waals surface area contributed by atoms with Gasteiger partial charge in [-0.2, -0.15) is 0 Å². The molecule has 2 aliphatic heterocycles. The quantitative estimate of drug-likeness (QED) is 0.00722. The van der Waals surface area contributed by atoms with E-state index in [1.54, 1.807) is 0 Å². The minimum Gasteiger partial charge on any atom is -1.00 e. The van der Waals surface area contributed by atoms with Crippen molar-refractivity contribution >= 4 is 120 Å².